The van der Waals surface area contributed by atoms with Crippen molar-refractivity contribution in [3.8, 4) is 0 Å². The van der Waals surface area contributed by atoms with Gasteiger partial charge in [0.05, 0.1) is 18.6 Å². The first-order valence-electron chi connectivity index (χ1n) is 9.64. The third-order valence-electron chi connectivity index (χ3n) is 4.66. The lowest BCUT2D eigenvalue weighted by Crippen LogP contribution is -2.38. The zero-order chi connectivity index (χ0) is 19.2. The molecule has 0 saturated carbocycles. The maximum atomic E-state index is 12.7. The van der Waals surface area contributed by atoms with Gasteiger partial charge in [0.2, 0.25) is 0 Å². The monoisotopic (exact) mass is 372 g/mol. The van der Waals surface area contributed by atoms with Crippen LogP contribution in [0.4, 0.5) is 0 Å². The van der Waals surface area contributed by atoms with Crippen molar-refractivity contribution in [3.05, 3.63) is 40.3 Å². The summed E-state index contributed by atoms with van der Waals surface area (Å²) in [6.45, 7) is 9.49. The van der Waals surface area contributed by atoms with E-state index in [2.05, 4.69) is 15.3 Å². The molecule has 1 fully saturated rings. The lowest BCUT2D eigenvalue weighted by atomic mass is 10.1. The lowest BCUT2D eigenvalue weighted by Gasteiger charge is -2.26. The van der Waals surface area contributed by atoms with E-state index in [1.165, 1.54) is 4.68 Å². The average molecular weight is 372 g/mol. The van der Waals surface area contributed by atoms with Crippen molar-refractivity contribution in [2.75, 3.05) is 39.4 Å². The zero-order valence-electron chi connectivity index (χ0n) is 16.1. The van der Waals surface area contributed by atoms with Crippen LogP contribution in [0.2, 0.25) is 0 Å². The Morgan fingerprint density at radius 3 is 2.63 bits per heavy atom. The number of benzene rings is 1. The van der Waals surface area contributed by atoms with Crippen LogP contribution in [0, 0.1) is 5.92 Å². The van der Waals surface area contributed by atoms with E-state index < -0.39 is 0 Å². The van der Waals surface area contributed by atoms with Crippen LogP contribution in [0.5, 0.6) is 0 Å². The maximum Gasteiger partial charge on any atom is 0.274 e. The van der Waals surface area contributed by atoms with Gasteiger partial charge in [-0.25, -0.2) is 4.68 Å². The number of nitrogens with one attached hydrogen (secondary N) is 1. The number of fused-ring (bicyclic) bond motifs is 1. The van der Waals surface area contributed by atoms with E-state index in [0.717, 1.165) is 39.3 Å². The normalized spacial score (nSPS) is 15.4. The van der Waals surface area contributed by atoms with E-state index >= 15 is 0 Å². The van der Waals surface area contributed by atoms with Crippen LogP contribution in [-0.4, -0.2) is 60.0 Å². The van der Waals surface area contributed by atoms with Crippen molar-refractivity contribution in [3.63, 3.8) is 0 Å². The van der Waals surface area contributed by atoms with Gasteiger partial charge in [0.1, 0.15) is 0 Å². The minimum Gasteiger partial charge on any atom is -0.379 e. The van der Waals surface area contributed by atoms with Crippen LogP contribution >= 0.6 is 0 Å². The number of carbonyl (C=O) groups excluding carboxylic acids is 1. The molecule has 1 aliphatic rings. The largest absolute Gasteiger partial charge is 0.379 e. The van der Waals surface area contributed by atoms with Gasteiger partial charge in [-0.2, -0.15) is 5.10 Å². The molecule has 0 aliphatic carbocycles. The van der Waals surface area contributed by atoms with E-state index in [0.29, 0.717) is 29.6 Å². The van der Waals surface area contributed by atoms with Gasteiger partial charge in [-0.3, -0.25) is 14.5 Å². The van der Waals surface area contributed by atoms with Crippen molar-refractivity contribution in [1.82, 2.24) is 20.0 Å². The molecule has 3 rings (SSSR count). The Morgan fingerprint density at radius 2 is 1.93 bits per heavy atom. The number of rotatable bonds is 7. The summed E-state index contributed by atoms with van der Waals surface area (Å²) in [4.78, 5) is 27.7. The van der Waals surface area contributed by atoms with Crippen LogP contribution in [0.3, 0.4) is 0 Å². The van der Waals surface area contributed by atoms with Gasteiger partial charge in [0.25, 0.3) is 11.5 Å². The number of morpholine rings is 1. The smallest absolute Gasteiger partial charge is 0.274 e. The van der Waals surface area contributed by atoms with Gasteiger partial charge in [-0.15, -0.1) is 0 Å². The van der Waals surface area contributed by atoms with E-state index in [9.17, 15) is 9.59 Å². The number of aromatic nitrogens is 2. The summed E-state index contributed by atoms with van der Waals surface area (Å²) in [5.41, 5.74) is 0.167. The zero-order valence-corrected chi connectivity index (χ0v) is 16.1. The highest BCUT2D eigenvalue weighted by molar-refractivity contribution is 6.04. The number of hydrogen-bond acceptors (Lipinski definition) is 5. The van der Waals surface area contributed by atoms with Crippen molar-refractivity contribution < 1.29 is 9.53 Å². The number of hydrogen-bond donors (Lipinski definition) is 1. The first-order chi connectivity index (χ1) is 13.1. The standard InChI is InChI=1S/C20H28N4O3/c1-15(2)14-24-20(26)17-7-4-3-6-16(17)18(22-24)19(25)21-8-5-9-23-10-12-27-13-11-23/h3-4,6-7,15H,5,8-14H2,1-2H3,(H,21,25). The molecule has 7 heteroatoms. The molecule has 1 amide bonds. The quantitative estimate of drug-likeness (QED) is 0.746. The predicted molar refractivity (Wildman–Crippen MR) is 105 cm³/mol. The fraction of sp³-hybridized carbons (Fsp3) is 0.550. The van der Waals surface area contributed by atoms with Crippen LogP contribution in [0.25, 0.3) is 10.8 Å². The van der Waals surface area contributed by atoms with Gasteiger partial charge in [0, 0.05) is 31.6 Å². The Balaban J connectivity index is 1.71. The second-order valence-electron chi connectivity index (χ2n) is 7.34. The molecule has 2 aromatic rings. The fourth-order valence-electron chi connectivity index (χ4n) is 3.29. The molecule has 1 aromatic carbocycles. The third kappa shape index (κ3) is 4.93. The van der Waals surface area contributed by atoms with Crippen molar-refractivity contribution in [2.24, 2.45) is 5.92 Å². The SMILES string of the molecule is CC(C)Cn1nc(C(=O)NCCCN2CCOCC2)c2ccccc2c1=O. The molecule has 7 nitrogen and oxygen atoms in total. The van der Waals surface area contributed by atoms with Gasteiger partial charge >= 0.3 is 0 Å². The lowest BCUT2D eigenvalue weighted by molar-refractivity contribution is 0.0374. The molecule has 1 N–H and O–H groups in total. The van der Waals surface area contributed by atoms with Crippen molar-refractivity contribution >= 4 is 16.7 Å². The molecule has 27 heavy (non-hydrogen) atoms. The first-order valence-corrected chi connectivity index (χ1v) is 9.64. The van der Waals surface area contributed by atoms with Crippen molar-refractivity contribution in [1.29, 1.82) is 0 Å². The van der Waals surface area contributed by atoms with Gasteiger partial charge in [-0.05, 0) is 24.9 Å². The Morgan fingerprint density at radius 1 is 1.22 bits per heavy atom. The van der Waals surface area contributed by atoms with Gasteiger partial charge < -0.3 is 10.1 Å². The number of carbonyl (C=O) groups is 1. The molecule has 0 spiro atoms. The van der Waals surface area contributed by atoms with E-state index in [4.69, 9.17) is 4.74 Å². The number of nitrogens with zero attached hydrogens (tertiary/aromatic N) is 3. The molecule has 0 radical (unpaired) electrons. The van der Waals surface area contributed by atoms with Crippen molar-refractivity contribution in [2.45, 2.75) is 26.8 Å². The highest BCUT2D eigenvalue weighted by Gasteiger charge is 2.17. The fourth-order valence-corrected chi connectivity index (χ4v) is 3.29. The Hall–Kier alpha value is -2.25. The van der Waals surface area contributed by atoms with Crippen LogP contribution in [-0.2, 0) is 11.3 Å². The topological polar surface area (TPSA) is 76.5 Å². The molecule has 1 aromatic heterocycles. The van der Waals surface area contributed by atoms with Crippen LogP contribution < -0.4 is 10.9 Å². The summed E-state index contributed by atoms with van der Waals surface area (Å²) in [7, 11) is 0. The molecule has 0 atom stereocenters. The summed E-state index contributed by atoms with van der Waals surface area (Å²) >= 11 is 0. The molecule has 2 heterocycles. The Kier molecular flexibility index (Phi) is 6.58. The van der Waals surface area contributed by atoms with Gasteiger partial charge in [-0.1, -0.05) is 32.0 Å². The van der Waals surface area contributed by atoms with E-state index in [-0.39, 0.29) is 17.4 Å². The minimum atomic E-state index is -0.231. The number of amides is 1. The first kappa shape index (κ1) is 19.5. The Bertz CT molecular complexity index is 841. The average Bonchev–Trinajstić information content (AvgIpc) is 2.68. The van der Waals surface area contributed by atoms with E-state index in [1.54, 1.807) is 12.1 Å². The molecule has 1 aliphatic heterocycles. The van der Waals surface area contributed by atoms with Crippen LogP contribution in [0.1, 0.15) is 30.8 Å². The summed E-state index contributed by atoms with van der Waals surface area (Å²) in [6.07, 6.45) is 0.870. The Labute approximate surface area is 159 Å². The molecule has 0 bridgehead atoms. The van der Waals surface area contributed by atoms with E-state index in [1.807, 2.05) is 26.0 Å². The molecule has 1 saturated heterocycles. The summed E-state index contributed by atoms with van der Waals surface area (Å²) in [6, 6.07) is 7.18. The summed E-state index contributed by atoms with van der Waals surface area (Å²) in [5.74, 6) is 0.0338. The predicted octanol–water partition coefficient (Wildman–Crippen LogP) is 1.50. The molecular weight excluding hydrogens is 344 g/mol. The molecule has 0 unspecified atom stereocenters. The summed E-state index contributed by atoms with van der Waals surface area (Å²) < 4.78 is 6.76. The van der Waals surface area contributed by atoms with Crippen LogP contribution in [0.15, 0.2) is 29.1 Å². The second kappa shape index (κ2) is 9.10. The maximum absolute atomic E-state index is 12.7. The second-order valence-corrected chi connectivity index (χ2v) is 7.34. The third-order valence-corrected chi connectivity index (χ3v) is 4.66. The highest BCUT2D eigenvalue weighted by atomic mass is 16.5. The highest BCUT2D eigenvalue weighted by Crippen LogP contribution is 2.13. The minimum absolute atomic E-state index is 0.150. The molecular formula is C20H28N4O3. The molecule has 146 valence electrons. The van der Waals surface area contributed by atoms with Gasteiger partial charge in [0.15, 0.2) is 5.69 Å². The number of ether oxygens (including phenoxy) is 1. The summed E-state index contributed by atoms with van der Waals surface area (Å²) in [5, 5.41) is 8.47.